The Morgan fingerprint density at radius 3 is 2.91 bits per heavy atom. The zero-order valence-corrected chi connectivity index (χ0v) is 13.2. The maximum absolute atomic E-state index is 9.63. The molecule has 6 nitrogen and oxygen atoms in total. The summed E-state index contributed by atoms with van der Waals surface area (Å²) in [5.74, 6) is 1.72. The van der Waals surface area contributed by atoms with E-state index in [0.29, 0.717) is 5.95 Å². The fraction of sp³-hybridized carbons (Fsp3) is 0.471. The molecule has 120 valence electrons. The molecule has 2 N–H and O–H groups in total. The van der Waals surface area contributed by atoms with Crippen LogP contribution in [0, 0.1) is 12.8 Å². The van der Waals surface area contributed by atoms with Crippen LogP contribution in [0.3, 0.4) is 0 Å². The van der Waals surface area contributed by atoms with E-state index in [1.54, 1.807) is 4.52 Å². The van der Waals surface area contributed by atoms with Gasteiger partial charge in [0.25, 0.3) is 0 Å². The highest BCUT2D eigenvalue weighted by molar-refractivity contribution is 5.92. The molecule has 2 atom stereocenters. The molecule has 1 fully saturated rings. The summed E-state index contributed by atoms with van der Waals surface area (Å²) in [5.41, 5.74) is 1.73. The van der Waals surface area contributed by atoms with Gasteiger partial charge >= 0.3 is 0 Å². The quantitative estimate of drug-likeness (QED) is 0.777. The third kappa shape index (κ3) is 2.53. The van der Waals surface area contributed by atoms with Crippen LogP contribution in [0.4, 0.5) is 5.95 Å². The van der Waals surface area contributed by atoms with Crippen LogP contribution in [0.25, 0.3) is 16.6 Å². The average Bonchev–Trinajstić information content (AvgIpc) is 2.97. The lowest BCUT2D eigenvalue weighted by molar-refractivity contribution is 0.177. The Bertz CT molecular complexity index is 843. The minimum Gasteiger partial charge on any atom is -0.396 e. The number of nitrogens with zero attached hydrogens (tertiary/aromatic N) is 4. The van der Waals surface area contributed by atoms with Crippen molar-refractivity contribution in [2.24, 2.45) is 5.92 Å². The Kier molecular flexibility index (Phi) is 3.61. The van der Waals surface area contributed by atoms with Gasteiger partial charge in [-0.1, -0.05) is 25.0 Å². The molecule has 1 aliphatic rings. The van der Waals surface area contributed by atoms with Crippen LogP contribution in [-0.2, 0) is 0 Å². The van der Waals surface area contributed by atoms with Gasteiger partial charge in [-0.05, 0) is 31.9 Å². The van der Waals surface area contributed by atoms with Crippen molar-refractivity contribution in [3.63, 3.8) is 0 Å². The molecule has 1 aliphatic carbocycles. The number of aromatic nitrogens is 4. The van der Waals surface area contributed by atoms with Gasteiger partial charge in [0.1, 0.15) is 5.82 Å². The van der Waals surface area contributed by atoms with E-state index in [0.717, 1.165) is 35.2 Å². The number of hydrogen-bond donors (Lipinski definition) is 2. The number of nitrogens with one attached hydrogen (secondary N) is 1. The van der Waals surface area contributed by atoms with Crippen LogP contribution < -0.4 is 5.32 Å². The van der Waals surface area contributed by atoms with Crippen LogP contribution in [-0.4, -0.2) is 37.3 Å². The average molecular weight is 311 g/mol. The van der Waals surface area contributed by atoms with Crippen LogP contribution in [0.5, 0.6) is 0 Å². The lowest BCUT2D eigenvalue weighted by Gasteiger charge is -2.31. The van der Waals surface area contributed by atoms with E-state index in [4.69, 9.17) is 4.98 Å². The summed E-state index contributed by atoms with van der Waals surface area (Å²) in [4.78, 5) is 9.30. The van der Waals surface area contributed by atoms with E-state index >= 15 is 0 Å². The van der Waals surface area contributed by atoms with Gasteiger partial charge in [-0.2, -0.15) is 4.52 Å². The third-order valence-electron chi connectivity index (χ3n) is 4.74. The SMILES string of the molecule is Cc1nc2c3ccccc3nc(N[C@H]3CCCC[C@H]3CO)n2n1. The van der Waals surface area contributed by atoms with Crippen LogP contribution in [0.1, 0.15) is 31.5 Å². The summed E-state index contributed by atoms with van der Waals surface area (Å²) in [5, 5.41) is 18.7. The molecule has 0 aliphatic heterocycles. The first-order valence-electron chi connectivity index (χ1n) is 8.26. The number of para-hydroxylation sites is 1. The van der Waals surface area contributed by atoms with Gasteiger partial charge in [-0.15, -0.1) is 5.10 Å². The Hall–Kier alpha value is -2.21. The molecule has 0 saturated heterocycles. The van der Waals surface area contributed by atoms with E-state index < -0.39 is 0 Å². The molecule has 23 heavy (non-hydrogen) atoms. The van der Waals surface area contributed by atoms with Gasteiger partial charge in [0.2, 0.25) is 5.95 Å². The molecule has 2 aromatic heterocycles. The van der Waals surface area contributed by atoms with E-state index in [1.807, 2.05) is 31.2 Å². The van der Waals surface area contributed by atoms with Crippen molar-refractivity contribution in [2.75, 3.05) is 11.9 Å². The lowest BCUT2D eigenvalue weighted by atomic mass is 9.85. The molecule has 0 amide bonds. The number of rotatable bonds is 3. The van der Waals surface area contributed by atoms with E-state index in [9.17, 15) is 5.11 Å². The smallest absolute Gasteiger partial charge is 0.226 e. The standard InChI is InChI=1S/C17H21N5O/c1-11-18-16-13-7-3-5-9-15(13)20-17(22(16)21-11)19-14-8-4-2-6-12(14)10-23/h3,5,7,9,12,14,23H,2,4,6,8,10H2,1H3,(H,19,20)/t12-,14-/m0/s1. The van der Waals surface area contributed by atoms with Gasteiger partial charge in [0, 0.05) is 24.0 Å². The molecule has 0 unspecified atom stereocenters. The molecule has 1 saturated carbocycles. The van der Waals surface area contributed by atoms with Crippen LogP contribution in [0.2, 0.25) is 0 Å². The Labute approximate surface area is 134 Å². The monoisotopic (exact) mass is 311 g/mol. The van der Waals surface area contributed by atoms with Crippen molar-refractivity contribution in [3.05, 3.63) is 30.1 Å². The zero-order chi connectivity index (χ0) is 15.8. The van der Waals surface area contributed by atoms with Crippen LogP contribution in [0.15, 0.2) is 24.3 Å². The Morgan fingerprint density at radius 2 is 2.04 bits per heavy atom. The molecule has 3 aromatic rings. The van der Waals surface area contributed by atoms with Crippen LogP contribution >= 0.6 is 0 Å². The van der Waals surface area contributed by atoms with E-state index in [2.05, 4.69) is 15.4 Å². The number of hydrogen-bond acceptors (Lipinski definition) is 5. The van der Waals surface area contributed by atoms with Gasteiger partial charge < -0.3 is 10.4 Å². The number of benzene rings is 1. The predicted molar refractivity (Wildman–Crippen MR) is 89.5 cm³/mol. The minimum absolute atomic E-state index is 0.213. The normalized spacial score (nSPS) is 21.8. The van der Waals surface area contributed by atoms with Crippen molar-refractivity contribution in [2.45, 2.75) is 38.6 Å². The molecular weight excluding hydrogens is 290 g/mol. The fourth-order valence-corrected chi connectivity index (χ4v) is 3.53. The summed E-state index contributed by atoms with van der Waals surface area (Å²) in [6.45, 7) is 2.10. The zero-order valence-electron chi connectivity index (χ0n) is 13.2. The third-order valence-corrected chi connectivity index (χ3v) is 4.74. The molecule has 2 heterocycles. The summed E-state index contributed by atoms with van der Waals surface area (Å²) >= 11 is 0. The van der Waals surface area contributed by atoms with Crippen molar-refractivity contribution < 1.29 is 5.11 Å². The summed E-state index contributed by atoms with van der Waals surface area (Å²) in [6.07, 6.45) is 4.48. The second-order valence-electron chi connectivity index (χ2n) is 6.32. The number of aliphatic hydroxyl groups is 1. The molecule has 1 aromatic carbocycles. The molecule has 6 heteroatoms. The highest BCUT2D eigenvalue weighted by atomic mass is 16.3. The fourth-order valence-electron chi connectivity index (χ4n) is 3.53. The van der Waals surface area contributed by atoms with Gasteiger partial charge in [0.05, 0.1) is 5.52 Å². The predicted octanol–water partition coefficient (Wildman–Crippen LogP) is 2.55. The molecule has 0 spiro atoms. The topological polar surface area (TPSA) is 75.3 Å². The molecule has 0 radical (unpaired) electrons. The summed E-state index contributed by atoms with van der Waals surface area (Å²) < 4.78 is 1.79. The highest BCUT2D eigenvalue weighted by Crippen LogP contribution is 2.28. The lowest BCUT2D eigenvalue weighted by Crippen LogP contribution is -2.35. The first-order chi connectivity index (χ1) is 11.3. The van der Waals surface area contributed by atoms with Gasteiger partial charge in [0.15, 0.2) is 5.65 Å². The molecule has 4 rings (SSSR count). The van der Waals surface area contributed by atoms with Crippen molar-refractivity contribution in [1.29, 1.82) is 0 Å². The van der Waals surface area contributed by atoms with Crippen molar-refractivity contribution in [1.82, 2.24) is 19.6 Å². The van der Waals surface area contributed by atoms with E-state index in [-0.39, 0.29) is 18.6 Å². The van der Waals surface area contributed by atoms with Crippen molar-refractivity contribution >= 4 is 22.5 Å². The number of fused-ring (bicyclic) bond motifs is 3. The Morgan fingerprint density at radius 1 is 1.22 bits per heavy atom. The number of aryl methyl sites for hydroxylation is 1. The minimum atomic E-state index is 0.213. The maximum Gasteiger partial charge on any atom is 0.226 e. The van der Waals surface area contributed by atoms with Gasteiger partial charge in [-0.3, -0.25) is 0 Å². The largest absolute Gasteiger partial charge is 0.396 e. The van der Waals surface area contributed by atoms with Gasteiger partial charge in [-0.25, -0.2) is 9.97 Å². The first kappa shape index (κ1) is 14.4. The number of anilines is 1. The van der Waals surface area contributed by atoms with E-state index in [1.165, 1.54) is 12.8 Å². The highest BCUT2D eigenvalue weighted by Gasteiger charge is 2.26. The molecular formula is C17H21N5O. The Balaban J connectivity index is 1.81. The van der Waals surface area contributed by atoms with Crippen molar-refractivity contribution in [3.8, 4) is 0 Å². The maximum atomic E-state index is 9.63. The number of aliphatic hydroxyl groups excluding tert-OH is 1. The molecule has 0 bridgehead atoms. The summed E-state index contributed by atoms with van der Waals surface area (Å²) in [7, 11) is 0. The summed E-state index contributed by atoms with van der Waals surface area (Å²) in [6, 6.07) is 8.22. The first-order valence-corrected chi connectivity index (χ1v) is 8.26. The second-order valence-corrected chi connectivity index (χ2v) is 6.32. The second kappa shape index (κ2) is 5.77.